The molecule has 1 aromatic rings. The molecular formula is C27H43N7O5. The van der Waals surface area contributed by atoms with Crippen LogP contribution in [0.5, 0.6) is 5.75 Å². The minimum Gasteiger partial charge on any atom is -0.494 e. The molecule has 0 aromatic heterocycles. The number of guanidine groups is 1. The molecule has 216 valence electrons. The maximum Gasteiger partial charge on any atom is 0.325 e. The number of benzene rings is 1. The van der Waals surface area contributed by atoms with Crippen LogP contribution < -0.4 is 26.1 Å². The molecule has 1 fully saturated rings. The summed E-state index contributed by atoms with van der Waals surface area (Å²) >= 11 is 0. The Kier molecular flexibility index (Phi) is 10.9. The number of carbonyl (C=O) groups excluding carboxylic acids is 3. The lowest BCUT2D eigenvalue weighted by atomic mass is 9.99. The third-order valence-electron chi connectivity index (χ3n) is 6.08. The third-order valence-corrected chi connectivity index (χ3v) is 6.08. The van der Waals surface area contributed by atoms with Gasteiger partial charge in [0.2, 0.25) is 11.9 Å². The average Bonchev–Trinajstić information content (AvgIpc) is 2.87. The van der Waals surface area contributed by atoms with E-state index in [-0.39, 0.29) is 29.9 Å². The number of carbonyl (C=O) groups is 3. The summed E-state index contributed by atoms with van der Waals surface area (Å²) in [6.45, 7) is 13.8. The maximum atomic E-state index is 12.5. The Labute approximate surface area is 230 Å². The number of hydrazine groups is 1. The van der Waals surface area contributed by atoms with Gasteiger partial charge in [-0.15, -0.1) is 0 Å². The van der Waals surface area contributed by atoms with Crippen LogP contribution in [0.3, 0.4) is 0 Å². The lowest BCUT2D eigenvalue weighted by Gasteiger charge is -2.33. The van der Waals surface area contributed by atoms with Crippen molar-refractivity contribution < 1.29 is 23.9 Å². The van der Waals surface area contributed by atoms with E-state index in [2.05, 4.69) is 33.3 Å². The molecule has 3 rings (SSSR count). The van der Waals surface area contributed by atoms with Crippen molar-refractivity contribution in [2.45, 2.75) is 60.0 Å². The quantitative estimate of drug-likeness (QED) is 0.258. The van der Waals surface area contributed by atoms with Gasteiger partial charge in [0.1, 0.15) is 12.3 Å². The van der Waals surface area contributed by atoms with E-state index in [9.17, 15) is 14.4 Å². The molecule has 1 aromatic carbocycles. The van der Waals surface area contributed by atoms with Gasteiger partial charge in [-0.2, -0.15) is 0 Å². The highest BCUT2D eigenvalue weighted by Crippen LogP contribution is 2.30. The Bertz CT molecular complexity index is 1040. The van der Waals surface area contributed by atoms with Crippen LogP contribution in [-0.4, -0.2) is 85.8 Å². The molecule has 2 aliphatic heterocycles. The summed E-state index contributed by atoms with van der Waals surface area (Å²) in [5.41, 5.74) is 4.35. The van der Waals surface area contributed by atoms with Crippen molar-refractivity contribution in [3.63, 3.8) is 0 Å². The smallest absolute Gasteiger partial charge is 0.325 e. The Morgan fingerprint density at radius 1 is 1.23 bits per heavy atom. The number of ether oxygens (including phenoxy) is 2. The zero-order valence-electron chi connectivity index (χ0n) is 23.8. The van der Waals surface area contributed by atoms with Gasteiger partial charge in [-0.05, 0) is 37.3 Å². The first kappa shape index (κ1) is 30.2. The normalized spacial score (nSPS) is 17.5. The lowest BCUT2D eigenvalue weighted by molar-refractivity contribution is -0.146. The number of nitrogens with one attached hydrogen (secondary N) is 4. The zero-order valence-corrected chi connectivity index (χ0v) is 23.8. The van der Waals surface area contributed by atoms with Gasteiger partial charge in [0.25, 0.3) is 0 Å². The van der Waals surface area contributed by atoms with Crippen LogP contribution in [0, 0.1) is 5.41 Å². The van der Waals surface area contributed by atoms with Gasteiger partial charge >= 0.3 is 12.0 Å². The minimum absolute atomic E-state index is 0.0235. The molecule has 0 saturated carbocycles. The summed E-state index contributed by atoms with van der Waals surface area (Å²) in [6, 6.07) is 5.38. The first-order chi connectivity index (χ1) is 18.5. The standard InChI is InChI=1S/C27H43N7O5/c1-6-29-26(37)31-25-30-22-14-21(38-13-7-8-23(35)32-34-12-11-28-15-19(34)2)10-9-20(22)16-33(25)17-24(36)39-18-27(3,4)5/h9-10,14,19,28H,6-8,11-13,15-18H2,1-5H3,(H,32,35)(H2,29,30,31,37). The van der Waals surface area contributed by atoms with Crippen LogP contribution >= 0.6 is 0 Å². The number of urea groups is 1. The SMILES string of the molecule is CCNC(=O)NC1=Nc2cc(OCCCC(=O)NN3CCNCC3C)ccc2CN1CC(=O)OCC(C)(C)C. The molecule has 0 spiro atoms. The Hall–Kier alpha value is -3.38. The van der Waals surface area contributed by atoms with Gasteiger partial charge in [-0.25, -0.2) is 14.8 Å². The molecule has 3 amide bonds. The number of piperazine rings is 1. The fourth-order valence-corrected chi connectivity index (χ4v) is 4.03. The summed E-state index contributed by atoms with van der Waals surface area (Å²) in [4.78, 5) is 43.3. The van der Waals surface area contributed by atoms with Crippen molar-refractivity contribution >= 4 is 29.6 Å². The van der Waals surface area contributed by atoms with Crippen molar-refractivity contribution in [3.05, 3.63) is 23.8 Å². The van der Waals surface area contributed by atoms with E-state index < -0.39 is 12.0 Å². The van der Waals surface area contributed by atoms with Crippen molar-refractivity contribution in [2.75, 3.05) is 45.9 Å². The van der Waals surface area contributed by atoms with Crippen LogP contribution in [0.2, 0.25) is 0 Å². The largest absolute Gasteiger partial charge is 0.494 e. The van der Waals surface area contributed by atoms with Gasteiger partial charge in [-0.1, -0.05) is 26.8 Å². The summed E-state index contributed by atoms with van der Waals surface area (Å²) < 4.78 is 11.3. The fourth-order valence-electron chi connectivity index (χ4n) is 4.03. The second kappa shape index (κ2) is 14.1. The molecule has 12 nitrogen and oxygen atoms in total. The minimum atomic E-state index is -0.409. The number of aliphatic imine (C=N–C) groups is 1. The predicted molar refractivity (Wildman–Crippen MR) is 148 cm³/mol. The van der Waals surface area contributed by atoms with Gasteiger partial charge < -0.3 is 25.0 Å². The summed E-state index contributed by atoms with van der Waals surface area (Å²) in [5, 5.41) is 10.7. The molecule has 39 heavy (non-hydrogen) atoms. The number of rotatable bonds is 10. The van der Waals surface area contributed by atoms with Crippen LogP contribution in [0.4, 0.5) is 10.5 Å². The van der Waals surface area contributed by atoms with Crippen molar-refractivity contribution in [1.82, 2.24) is 31.3 Å². The van der Waals surface area contributed by atoms with E-state index in [4.69, 9.17) is 9.47 Å². The fraction of sp³-hybridized carbons (Fsp3) is 0.630. The second-order valence-corrected chi connectivity index (χ2v) is 11.0. The molecule has 2 aliphatic rings. The molecule has 2 heterocycles. The first-order valence-electron chi connectivity index (χ1n) is 13.6. The summed E-state index contributed by atoms with van der Waals surface area (Å²) in [5.74, 6) is 0.458. The molecule has 1 unspecified atom stereocenters. The van der Waals surface area contributed by atoms with E-state index in [1.165, 1.54) is 0 Å². The van der Waals surface area contributed by atoms with Crippen LogP contribution in [-0.2, 0) is 20.9 Å². The molecule has 0 radical (unpaired) electrons. The van der Waals surface area contributed by atoms with Crippen molar-refractivity contribution in [3.8, 4) is 5.75 Å². The van der Waals surface area contributed by atoms with Crippen molar-refractivity contribution in [1.29, 1.82) is 0 Å². The monoisotopic (exact) mass is 545 g/mol. The predicted octanol–water partition coefficient (Wildman–Crippen LogP) is 1.88. The highest BCUT2D eigenvalue weighted by molar-refractivity contribution is 5.99. The van der Waals surface area contributed by atoms with Crippen LogP contribution in [0.15, 0.2) is 23.2 Å². The van der Waals surface area contributed by atoms with E-state index in [0.717, 1.165) is 25.2 Å². The Morgan fingerprint density at radius 2 is 2.03 bits per heavy atom. The summed E-state index contributed by atoms with van der Waals surface area (Å²) in [6.07, 6.45) is 0.932. The van der Waals surface area contributed by atoms with Gasteiger partial charge in [-0.3, -0.25) is 20.3 Å². The third kappa shape index (κ3) is 10.0. The maximum absolute atomic E-state index is 12.5. The van der Waals surface area contributed by atoms with E-state index in [1.807, 2.05) is 44.8 Å². The van der Waals surface area contributed by atoms with E-state index >= 15 is 0 Å². The van der Waals surface area contributed by atoms with Crippen LogP contribution in [0.1, 0.15) is 53.0 Å². The zero-order chi connectivity index (χ0) is 28.4. The molecule has 1 atom stereocenters. The first-order valence-corrected chi connectivity index (χ1v) is 13.6. The molecular weight excluding hydrogens is 502 g/mol. The Morgan fingerprint density at radius 3 is 2.74 bits per heavy atom. The second-order valence-electron chi connectivity index (χ2n) is 11.0. The molecule has 12 heteroatoms. The topological polar surface area (TPSA) is 137 Å². The molecule has 0 aliphatic carbocycles. The number of nitrogens with zero attached hydrogens (tertiary/aromatic N) is 3. The highest BCUT2D eigenvalue weighted by atomic mass is 16.5. The average molecular weight is 546 g/mol. The Balaban J connectivity index is 1.57. The number of esters is 1. The van der Waals surface area contributed by atoms with Crippen molar-refractivity contribution in [2.24, 2.45) is 10.4 Å². The van der Waals surface area contributed by atoms with E-state index in [1.54, 1.807) is 11.0 Å². The van der Waals surface area contributed by atoms with Crippen LogP contribution in [0.25, 0.3) is 0 Å². The van der Waals surface area contributed by atoms with E-state index in [0.29, 0.717) is 50.6 Å². The molecule has 1 saturated heterocycles. The molecule has 0 bridgehead atoms. The lowest BCUT2D eigenvalue weighted by Crippen LogP contribution is -2.57. The summed E-state index contributed by atoms with van der Waals surface area (Å²) in [7, 11) is 0. The van der Waals surface area contributed by atoms with Gasteiger partial charge in [0.05, 0.1) is 18.9 Å². The number of hydrogen-bond acceptors (Lipinski definition) is 9. The van der Waals surface area contributed by atoms with Gasteiger partial charge in [0.15, 0.2) is 0 Å². The number of hydrogen-bond donors (Lipinski definition) is 4. The number of amides is 3. The highest BCUT2D eigenvalue weighted by Gasteiger charge is 2.25. The number of fused-ring (bicyclic) bond motifs is 1. The van der Waals surface area contributed by atoms with Gasteiger partial charge in [0, 0.05) is 51.3 Å². The molecule has 4 N–H and O–H groups in total.